The fourth-order valence-electron chi connectivity index (χ4n) is 3.48. The maximum absolute atomic E-state index is 13.1. The Morgan fingerprint density at radius 3 is 2.58 bits per heavy atom. The van der Waals surface area contributed by atoms with Crippen LogP contribution in [-0.4, -0.2) is 52.9 Å². The lowest BCUT2D eigenvalue weighted by Gasteiger charge is -2.18. The summed E-state index contributed by atoms with van der Waals surface area (Å²) in [6.07, 6.45) is -4.10. The minimum absolute atomic E-state index is 0.0712. The standard InChI is InChI=1S/C23H23F3N4O3/c1-29(2)21(31)8-9-30-22(16-6-7-18-19(14-16)33-11-10-32-18)27-20(28-30)13-15-4-3-5-17(12-15)23(24,25)26/h3-7,12,14H,8-11,13H2,1-2H3. The second-order valence-corrected chi connectivity index (χ2v) is 7.85. The van der Waals surface area contributed by atoms with Crippen molar-refractivity contribution in [1.29, 1.82) is 0 Å². The number of hydrogen-bond donors (Lipinski definition) is 0. The Bertz CT molecular complexity index is 1160. The van der Waals surface area contributed by atoms with Gasteiger partial charge >= 0.3 is 6.18 Å². The van der Waals surface area contributed by atoms with Gasteiger partial charge in [-0.1, -0.05) is 18.2 Å². The van der Waals surface area contributed by atoms with Gasteiger partial charge in [-0.15, -0.1) is 0 Å². The molecule has 174 valence electrons. The highest BCUT2D eigenvalue weighted by Crippen LogP contribution is 2.34. The van der Waals surface area contributed by atoms with Crippen LogP contribution in [0.4, 0.5) is 13.2 Å². The van der Waals surface area contributed by atoms with Gasteiger partial charge in [0.25, 0.3) is 0 Å². The molecular weight excluding hydrogens is 437 g/mol. The van der Waals surface area contributed by atoms with Gasteiger partial charge in [-0.05, 0) is 29.8 Å². The Morgan fingerprint density at radius 2 is 1.85 bits per heavy atom. The van der Waals surface area contributed by atoms with E-state index in [4.69, 9.17) is 9.47 Å². The van der Waals surface area contributed by atoms with Crippen molar-refractivity contribution in [3.8, 4) is 22.9 Å². The van der Waals surface area contributed by atoms with Gasteiger partial charge in [-0.3, -0.25) is 4.79 Å². The van der Waals surface area contributed by atoms with E-state index in [1.807, 2.05) is 6.07 Å². The summed E-state index contributed by atoms with van der Waals surface area (Å²) in [7, 11) is 3.34. The molecule has 0 N–H and O–H groups in total. The summed E-state index contributed by atoms with van der Waals surface area (Å²) in [4.78, 5) is 18.2. The number of alkyl halides is 3. The first kappa shape index (κ1) is 22.6. The van der Waals surface area contributed by atoms with Crippen molar-refractivity contribution < 1.29 is 27.4 Å². The first-order valence-electron chi connectivity index (χ1n) is 10.4. The second kappa shape index (κ2) is 9.13. The monoisotopic (exact) mass is 460 g/mol. The summed E-state index contributed by atoms with van der Waals surface area (Å²) in [5.74, 6) is 2.00. The SMILES string of the molecule is CN(C)C(=O)CCn1nc(Cc2cccc(C(F)(F)F)c2)nc1-c1ccc2c(c1)OCCO2. The molecule has 0 fully saturated rings. The zero-order valence-electron chi connectivity index (χ0n) is 18.2. The van der Waals surface area contributed by atoms with Gasteiger partial charge in [0.05, 0.1) is 12.1 Å². The summed E-state index contributed by atoms with van der Waals surface area (Å²) in [5.41, 5.74) is 0.433. The number of ether oxygens (including phenoxy) is 2. The number of carbonyl (C=O) groups is 1. The molecule has 0 unspecified atom stereocenters. The zero-order chi connectivity index (χ0) is 23.6. The Balaban J connectivity index is 1.66. The molecule has 10 heteroatoms. The molecule has 2 aromatic carbocycles. The van der Waals surface area contributed by atoms with Crippen molar-refractivity contribution in [2.45, 2.75) is 25.6 Å². The highest BCUT2D eigenvalue weighted by Gasteiger charge is 2.30. The summed E-state index contributed by atoms with van der Waals surface area (Å²) in [6, 6.07) is 10.5. The van der Waals surface area contributed by atoms with Crippen molar-refractivity contribution >= 4 is 5.91 Å². The highest BCUT2D eigenvalue weighted by atomic mass is 19.4. The van der Waals surface area contributed by atoms with Gasteiger partial charge in [-0.2, -0.15) is 18.3 Å². The highest BCUT2D eigenvalue weighted by molar-refractivity contribution is 5.75. The summed E-state index contributed by atoms with van der Waals surface area (Å²) < 4.78 is 52.1. The predicted octanol–water partition coefficient (Wildman–Crippen LogP) is 3.80. The quantitative estimate of drug-likeness (QED) is 0.560. The van der Waals surface area contributed by atoms with Crippen molar-refractivity contribution in [1.82, 2.24) is 19.7 Å². The molecule has 7 nitrogen and oxygen atoms in total. The lowest BCUT2D eigenvalue weighted by atomic mass is 10.1. The van der Waals surface area contributed by atoms with Crippen LogP contribution >= 0.6 is 0 Å². The Kier molecular flexibility index (Phi) is 6.26. The van der Waals surface area contributed by atoms with E-state index in [2.05, 4.69) is 10.1 Å². The van der Waals surface area contributed by atoms with E-state index < -0.39 is 11.7 Å². The fraction of sp³-hybridized carbons (Fsp3) is 0.348. The Labute approximate surface area is 188 Å². The molecule has 0 aliphatic carbocycles. The Morgan fingerprint density at radius 1 is 1.09 bits per heavy atom. The second-order valence-electron chi connectivity index (χ2n) is 7.85. The third-order valence-electron chi connectivity index (χ3n) is 5.17. The molecule has 0 bridgehead atoms. The third-order valence-corrected chi connectivity index (χ3v) is 5.17. The molecule has 2 heterocycles. The lowest BCUT2D eigenvalue weighted by Crippen LogP contribution is -2.23. The van der Waals surface area contributed by atoms with Crippen molar-refractivity contribution in [2.75, 3.05) is 27.3 Å². The maximum atomic E-state index is 13.1. The Hall–Kier alpha value is -3.56. The molecule has 4 rings (SSSR count). The van der Waals surface area contributed by atoms with Crippen LogP contribution < -0.4 is 9.47 Å². The van der Waals surface area contributed by atoms with Crippen LogP contribution in [0.25, 0.3) is 11.4 Å². The number of aromatic nitrogens is 3. The van der Waals surface area contributed by atoms with E-state index in [-0.39, 0.29) is 25.3 Å². The van der Waals surface area contributed by atoms with E-state index in [1.54, 1.807) is 37.0 Å². The molecule has 1 amide bonds. The van der Waals surface area contributed by atoms with Crippen LogP contribution in [-0.2, 0) is 23.9 Å². The molecule has 3 aromatic rings. The number of benzene rings is 2. The van der Waals surface area contributed by atoms with Gasteiger partial charge in [0.2, 0.25) is 5.91 Å². The molecule has 1 aliphatic heterocycles. The number of carbonyl (C=O) groups excluding carboxylic acids is 1. The van der Waals surface area contributed by atoms with Crippen LogP contribution in [0.5, 0.6) is 11.5 Å². The fourth-order valence-corrected chi connectivity index (χ4v) is 3.48. The molecule has 0 saturated carbocycles. The van der Waals surface area contributed by atoms with E-state index in [0.29, 0.717) is 47.5 Å². The molecule has 0 saturated heterocycles. The topological polar surface area (TPSA) is 69.5 Å². The summed E-state index contributed by atoms with van der Waals surface area (Å²) >= 11 is 0. The van der Waals surface area contributed by atoms with Crippen molar-refractivity contribution in [2.24, 2.45) is 0 Å². The van der Waals surface area contributed by atoms with Gasteiger partial charge in [0.1, 0.15) is 13.2 Å². The molecular formula is C23H23F3N4O3. The third kappa shape index (κ3) is 5.27. The molecule has 1 aromatic heterocycles. The number of amides is 1. The van der Waals surface area contributed by atoms with Crippen molar-refractivity contribution in [3.05, 3.63) is 59.4 Å². The number of rotatable bonds is 6. The van der Waals surface area contributed by atoms with E-state index in [1.165, 1.54) is 11.0 Å². The average Bonchev–Trinajstić information content (AvgIpc) is 3.19. The predicted molar refractivity (Wildman–Crippen MR) is 114 cm³/mol. The maximum Gasteiger partial charge on any atom is 0.416 e. The first-order chi connectivity index (χ1) is 15.7. The van der Waals surface area contributed by atoms with Crippen LogP contribution in [0.15, 0.2) is 42.5 Å². The molecule has 0 radical (unpaired) electrons. The largest absolute Gasteiger partial charge is 0.486 e. The van der Waals surface area contributed by atoms with Gasteiger partial charge in [-0.25, -0.2) is 9.67 Å². The molecule has 0 spiro atoms. The van der Waals surface area contributed by atoms with Gasteiger partial charge < -0.3 is 14.4 Å². The number of hydrogen-bond acceptors (Lipinski definition) is 5. The minimum atomic E-state index is -4.42. The number of fused-ring (bicyclic) bond motifs is 1. The van der Waals surface area contributed by atoms with Crippen LogP contribution in [0.2, 0.25) is 0 Å². The van der Waals surface area contributed by atoms with Crippen LogP contribution in [0.3, 0.4) is 0 Å². The van der Waals surface area contributed by atoms with Gasteiger partial charge in [0.15, 0.2) is 23.1 Å². The smallest absolute Gasteiger partial charge is 0.416 e. The molecule has 33 heavy (non-hydrogen) atoms. The molecule has 0 atom stereocenters. The van der Waals surface area contributed by atoms with Crippen molar-refractivity contribution in [3.63, 3.8) is 0 Å². The number of aryl methyl sites for hydroxylation is 1. The summed E-state index contributed by atoms with van der Waals surface area (Å²) in [5, 5.41) is 4.50. The van der Waals surface area contributed by atoms with Gasteiger partial charge in [0, 0.05) is 32.5 Å². The number of nitrogens with zero attached hydrogens (tertiary/aromatic N) is 4. The van der Waals surface area contributed by atoms with Crippen LogP contribution in [0, 0.1) is 0 Å². The normalized spacial score (nSPS) is 13.1. The number of halogens is 3. The average molecular weight is 460 g/mol. The lowest BCUT2D eigenvalue weighted by molar-refractivity contribution is -0.137. The zero-order valence-corrected chi connectivity index (χ0v) is 18.2. The van der Waals surface area contributed by atoms with E-state index in [9.17, 15) is 18.0 Å². The summed E-state index contributed by atoms with van der Waals surface area (Å²) in [6.45, 7) is 1.17. The van der Waals surface area contributed by atoms with Crippen LogP contribution in [0.1, 0.15) is 23.4 Å². The van der Waals surface area contributed by atoms with E-state index in [0.717, 1.165) is 12.1 Å². The van der Waals surface area contributed by atoms with E-state index >= 15 is 0 Å². The molecule has 1 aliphatic rings. The first-order valence-corrected chi connectivity index (χ1v) is 10.4. The minimum Gasteiger partial charge on any atom is -0.486 e.